The molecular formula is C23H22N6O2. The molecule has 0 bridgehead atoms. The van der Waals surface area contributed by atoms with Crippen molar-refractivity contribution in [2.24, 2.45) is 0 Å². The molecular weight excluding hydrogens is 392 g/mol. The largest absolute Gasteiger partial charge is 0.478 e. The zero-order valence-corrected chi connectivity index (χ0v) is 17.1. The standard InChI is InChI=1S/C23H22N6O2/c1-2-13-29(21-14-24-12-11-20(21)23(30)31)15-16-7-9-17(10-8-16)18-5-3-4-6-19(18)22-25-27-28-26-22/h3-12,14H,2,13,15H2,1H3,(H,30,31)(H,25,26,27,28). The van der Waals surface area contributed by atoms with Crippen molar-refractivity contribution >= 4 is 11.7 Å². The lowest BCUT2D eigenvalue weighted by Gasteiger charge is -2.25. The lowest BCUT2D eigenvalue weighted by molar-refractivity contribution is 0.0697. The molecule has 4 aromatic rings. The summed E-state index contributed by atoms with van der Waals surface area (Å²) in [6.45, 7) is 3.39. The van der Waals surface area contributed by atoms with Gasteiger partial charge < -0.3 is 10.0 Å². The topological polar surface area (TPSA) is 108 Å². The first-order valence-electron chi connectivity index (χ1n) is 10.0. The number of pyridine rings is 1. The first-order valence-corrected chi connectivity index (χ1v) is 10.0. The molecule has 8 nitrogen and oxygen atoms in total. The SMILES string of the molecule is CCCN(Cc1ccc(-c2ccccc2-c2nn[nH]n2)cc1)c1cnccc1C(=O)O. The van der Waals surface area contributed by atoms with Crippen LogP contribution in [-0.4, -0.2) is 43.2 Å². The third kappa shape index (κ3) is 4.42. The van der Waals surface area contributed by atoms with Crippen molar-refractivity contribution in [3.05, 3.63) is 78.1 Å². The predicted molar refractivity (Wildman–Crippen MR) is 118 cm³/mol. The first-order chi connectivity index (χ1) is 15.2. The molecule has 2 aromatic carbocycles. The van der Waals surface area contributed by atoms with Crippen LogP contribution in [-0.2, 0) is 6.54 Å². The number of aromatic amines is 1. The van der Waals surface area contributed by atoms with Crippen molar-refractivity contribution in [3.63, 3.8) is 0 Å². The van der Waals surface area contributed by atoms with Crippen molar-refractivity contribution in [2.45, 2.75) is 19.9 Å². The van der Waals surface area contributed by atoms with Gasteiger partial charge in [0.05, 0.1) is 17.4 Å². The number of aromatic nitrogens is 5. The van der Waals surface area contributed by atoms with Gasteiger partial charge in [-0.3, -0.25) is 4.98 Å². The van der Waals surface area contributed by atoms with E-state index >= 15 is 0 Å². The fraction of sp³-hybridized carbons (Fsp3) is 0.174. The second kappa shape index (κ2) is 9.17. The Labute approximate surface area is 179 Å². The van der Waals surface area contributed by atoms with E-state index < -0.39 is 5.97 Å². The highest BCUT2D eigenvalue weighted by atomic mass is 16.4. The Morgan fingerprint density at radius 3 is 2.52 bits per heavy atom. The highest BCUT2D eigenvalue weighted by molar-refractivity contribution is 5.94. The summed E-state index contributed by atoms with van der Waals surface area (Å²) in [6, 6.07) is 17.7. The van der Waals surface area contributed by atoms with Crippen LogP contribution in [0.2, 0.25) is 0 Å². The van der Waals surface area contributed by atoms with Crippen LogP contribution in [0.5, 0.6) is 0 Å². The van der Waals surface area contributed by atoms with Gasteiger partial charge in [-0.25, -0.2) is 4.79 Å². The summed E-state index contributed by atoms with van der Waals surface area (Å²) >= 11 is 0. The summed E-state index contributed by atoms with van der Waals surface area (Å²) in [4.78, 5) is 17.8. The maximum Gasteiger partial charge on any atom is 0.337 e. The van der Waals surface area contributed by atoms with E-state index in [0.29, 0.717) is 18.1 Å². The molecule has 0 aliphatic rings. The lowest BCUT2D eigenvalue weighted by atomic mass is 9.98. The quantitative estimate of drug-likeness (QED) is 0.448. The molecule has 0 atom stereocenters. The lowest BCUT2D eigenvalue weighted by Crippen LogP contribution is -2.25. The van der Waals surface area contributed by atoms with Crippen LogP contribution in [0.25, 0.3) is 22.5 Å². The molecule has 31 heavy (non-hydrogen) atoms. The smallest absolute Gasteiger partial charge is 0.337 e. The zero-order chi connectivity index (χ0) is 21.6. The van der Waals surface area contributed by atoms with Crippen LogP contribution in [0.4, 0.5) is 5.69 Å². The van der Waals surface area contributed by atoms with Crippen LogP contribution in [0, 0.1) is 0 Å². The molecule has 0 saturated carbocycles. The van der Waals surface area contributed by atoms with E-state index in [1.54, 1.807) is 6.20 Å². The summed E-state index contributed by atoms with van der Waals surface area (Å²) in [7, 11) is 0. The molecule has 2 N–H and O–H groups in total. The van der Waals surface area contributed by atoms with Crippen LogP contribution < -0.4 is 4.90 Å². The minimum atomic E-state index is -0.952. The molecule has 4 rings (SSSR count). The fourth-order valence-electron chi connectivity index (χ4n) is 3.59. The van der Waals surface area contributed by atoms with Gasteiger partial charge >= 0.3 is 5.97 Å². The van der Waals surface area contributed by atoms with E-state index in [9.17, 15) is 9.90 Å². The van der Waals surface area contributed by atoms with Gasteiger partial charge in [-0.1, -0.05) is 55.5 Å². The first kappa shape index (κ1) is 20.2. The van der Waals surface area contributed by atoms with Crippen molar-refractivity contribution in [1.82, 2.24) is 25.6 Å². The monoisotopic (exact) mass is 414 g/mol. The minimum Gasteiger partial charge on any atom is -0.478 e. The van der Waals surface area contributed by atoms with E-state index in [1.807, 2.05) is 24.3 Å². The van der Waals surface area contributed by atoms with Crippen molar-refractivity contribution in [1.29, 1.82) is 0 Å². The molecule has 2 aromatic heterocycles. The number of H-pyrrole nitrogens is 1. The second-order valence-corrected chi connectivity index (χ2v) is 7.10. The number of anilines is 1. The van der Waals surface area contributed by atoms with Crippen LogP contribution in [0.15, 0.2) is 67.0 Å². The van der Waals surface area contributed by atoms with Crippen molar-refractivity contribution in [2.75, 3.05) is 11.4 Å². The van der Waals surface area contributed by atoms with Crippen LogP contribution >= 0.6 is 0 Å². The van der Waals surface area contributed by atoms with E-state index in [1.165, 1.54) is 12.3 Å². The summed E-state index contributed by atoms with van der Waals surface area (Å²) in [5, 5.41) is 23.9. The van der Waals surface area contributed by atoms with E-state index in [2.05, 4.69) is 61.7 Å². The number of carboxylic acid groups (broad SMARTS) is 1. The van der Waals surface area contributed by atoms with Crippen LogP contribution in [0.3, 0.4) is 0 Å². The molecule has 0 aliphatic carbocycles. The van der Waals surface area contributed by atoms with Gasteiger partial charge in [0.1, 0.15) is 0 Å². The molecule has 2 heterocycles. The van der Waals surface area contributed by atoms with Gasteiger partial charge in [0.2, 0.25) is 5.82 Å². The second-order valence-electron chi connectivity index (χ2n) is 7.10. The summed E-state index contributed by atoms with van der Waals surface area (Å²) in [6.07, 6.45) is 4.02. The van der Waals surface area contributed by atoms with Gasteiger partial charge in [-0.15, -0.1) is 10.2 Å². The Bertz CT molecular complexity index is 1160. The molecule has 8 heteroatoms. The highest BCUT2D eigenvalue weighted by Gasteiger charge is 2.16. The van der Waals surface area contributed by atoms with E-state index in [0.717, 1.165) is 35.2 Å². The number of tetrazole rings is 1. The maximum absolute atomic E-state index is 11.6. The fourth-order valence-corrected chi connectivity index (χ4v) is 3.59. The zero-order valence-electron chi connectivity index (χ0n) is 17.1. The number of nitrogens with one attached hydrogen (secondary N) is 1. The molecule has 0 fully saturated rings. The average molecular weight is 414 g/mol. The Kier molecular flexibility index (Phi) is 5.98. The molecule has 0 saturated heterocycles. The summed E-state index contributed by atoms with van der Waals surface area (Å²) in [5.74, 6) is -0.404. The highest BCUT2D eigenvalue weighted by Crippen LogP contribution is 2.30. The molecule has 0 amide bonds. The van der Waals surface area contributed by atoms with Crippen molar-refractivity contribution < 1.29 is 9.90 Å². The Morgan fingerprint density at radius 2 is 1.84 bits per heavy atom. The molecule has 0 radical (unpaired) electrons. The minimum absolute atomic E-state index is 0.258. The Balaban J connectivity index is 1.61. The number of rotatable bonds is 8. The summed E-state index contributed by atoms with van der Waals surface area (Å²) < 4.78 is 0. The normalized spacial score (nSPS) is 10.7. The van der Waals surface area contributed by atoms with E-state index in [4.69, 9.17) is 0 Å². The number of nitrogens with zero attached hydrogens (tertiary/aromatic N) is 5. The number of benzene rings is 2. The number of carbonyl (C=O) groups is 1. The van der Waals surface area contributed by atoms with Crippen molar-refractivity contribution in [3.8, 4) is 22.5 Å². The molecule has 0 aliphatic heterocycles. The number of carboxylic acids is 1. The van der Waals surface area contributed by atoms with Gasteiger partial charge in [0.15, 0.2) is 0 Å². The number of aromatic carboxylic acids is 1. The predicted octanol–water partition coefficient (Wildman–Crippen LogP) is 4.04. The van der Waals surface area contributed by atoms with E-state index in [-0.39, 0.29) is 5.56 Å². The number of hydrogen-bond acceptors (Lipinski definition) is 6. The number of hydrogen-bond donors (Lipinski definition) is 2. The Morgan fingerprint density at radius 1 is 1.06 bits per heavy atom. The third-order valence-electron chi connectivity index (χ3n) is 5.02. The van der Waals surface area contributed by atoms with Gasteiger partial charge in [-0.2, -0.15) is 5.21 Å². The molecule has 0 spiro atoms. The Hall–Kier alpha value is -4.07. The average Bonchev–Trinajstić information content (AvgIpc) is 3.34. The van der Waals surface area contributed by atoms with Crippen LogP contribution in [0.1, 0.15) is 29.3 Å². The molecule has 156 valence electrons. The third-order valence-corrected chi connectivity index (χ3v) is 5.02. The molecule has 0 unspecified atom stereocenters. The van der Waals surface area contributed by atoms with Gasteiger partial charge in [0, 0.05) is 24.8 Å². The maximum atomic E-state index is 11.6. The van der Waals surface area contributed by atoms with Gasteiger partial charge in [0.25, 0.3) is 0 Å². The van der Waals surface area contributed by atoms with Gasteiger partial charge in [-0.05, 0) is 34.4 Å². The summed E-state index contributed by atoms with van der Waals surface area (Å²) in [5.41, 5.74) is 4.92.